The molecule has 0 spiro atoms. The second-order valence-electron chi connectivity index (χ2n) is 5.77. The summed E-state index contributed by atoms with van der Waals surface area (Å²) in [5.41, 5.74) is 3.00. The molecule has 1 aromatic carbocycles. The van der Waals surface area contributed by atoms with Crippen LogP contribution < -0.4 is 4.74 Å². The first-order valence-electron chi connectivity index (χ1n) is 7.31. The molecule has 1 saturated heterocycles. The number of likely N-dealkylation sites (N-methyl/N-ethyl adjacent to an activating group) is 1. The van der Waals surface area contributed by atoms with Crippen LogP contribution in [0.1, 0.15) is 24.1 Å². The van der Waals surface area contributed by atoms with E-state index in [2.05, 4.69) is 16.9 Å². The van der Waals surface area contributed by atoms with Gasteiger partial charge in [-0.05, 0) is 57.5 Å². The molecule has 2 aromatic rings. The molecule has 0 saturated carbocycles. The van der Waals surface area contributed by atoms with Gasteiger partial charge in [0.05, 0.1) is 0 Å². The number of benzene rings is 1. The Balaban J connectivity index is 2.02. The van der Waals surface area contributed by atoms with Crippen LogP contribution in [0.25, 0.3) is 10.9 Å². The molecule has 0 amide bonds. The minimum atomic E-state index is -2.80. The molecule has 1 aliphatic heterocycles. The number of nitrogens with zero attached hydrogens (tertiary/aromatic N) is 1. The van der Waals surface area contributed by atoms with E-state index >= 15 is 0 Å². The van der Waals surface area contributed by atoms with E-state index in [1.165, 1.54) is 6.42 Å². The van der Waals surface area contributed by atoms with Crippen molar-refractivity contribution >= 4 is 10.9 Å². The predicted octanol–water partition coefficient (Wildman–Crippen LogP) is 3.71. The standard InChI is InChI=1S/C16H20F2N2O/c1-10-12(9-11-5-4-8-20(11)2)15-13(19-10)6-3-7-14(15)21-16(17)18/h3,6-7,11,16,19H,4-5,8-9H2,1-2H3/t11-/m1/s1. The van der Waals surface area contributed by atoms with Gasteiger partial charge in [0, 0.05) is 22.6 Å². The number of aromatic nitrogens is 1. The van der Waals surface area contributed by atoms with Crippen molar-refractivity contribution in [2.75, 3.05) is 13.6 Å². The first-order chi connectivity index (χ1) is 10.1. The van der Waals surface area contributed by atoms with E-state index in [4.69, 9.17) is 4.74 Å². The van der Waals surface area contributed by atoms with Crippen molar-refractivity contribution in [1.82, 2.24) is 9.88 Å². The average Bonchev–Trinajstić information content (AvgIpc) is 2.95. The summed E-state index contributed by atoms with van der Waals surface area (Å²) in [7, 11) is 2.12. The van der Waals surface area contributed by atoms with Gasteiger partial charge in [-0.3, -0.25) is 0 Å². The number of hydrogen-bond acceptors (Lipinski definition) is 2. The number of fused-ring (bicyclic) bond motifs is 1. The van der Waals surface area contributed by atoms with E-state index in [1.807, 2.05) is 13.0 Å². The number of halogens is 2. The summed E-state index contributed by atoms with van der Waals surface area (Å²) >= 11 is 0. The number of aromatic amines is 1. The number of ether oxygens (including phenoxy) is 1. The molecule has 1 atom stereocenters. The normalized spacial score (nSPS) is 19.8. The average molecular weight is 294 g/mol. The van der Waals surface area contributed by atoms with Crippen molar-refractivity contribution < 1.29 is 13.5 Å². The fourth-order valence-electron chi connectivity index (χ4n) is 3.33. The van der Waals surface area contributed by atoms with Crippen molar-refractivity contribution in [3.8, 4) is 5.75 Å². The zero-order valence-corrected chi connectivity index (χ0v) is 12.3. The zero-order chi connectivity index (χ0) is 15.0. The van der Waals surface area contributed by atoms with Crippen LogP contribution in [0.3, 0.4) is 0 Å². The number of H-pyrrole nitrogens is 1. The van der Waals surface area contributed by atoms with Crippen LogP contribution in [0.2, 0.25) is 0 Å². The second kappa shape index (κ2) is 5.64. The molecule has 1 aliphatic rings. The third-order valence-corrected chi connectivity index (χ3v) is 4.43. The molecule has 3 nitrogen and oxygen atoms in total. The van der Waals surface area contributed by atoms with Crippen LogP contribution >= 0.6 is 0 Å². The highest BCUT2D eigenvalue weighted by Crippen LogP contribution is 2.34. The maximum Gasteiger partial charge on any atom is 0.387 e. The number of nitrogens with one attached hydrogen (secondary N) is 1. The maximum absolute atomic E-state index is 12.6. The third-order valence-electron chi connectivity index (χ3n) is 4.43. The SMILES string of the molecule is Cc1[nH]c2cccc(OC(F)F)c2c1C[C@H]1CCCN1C. The van der Waals surface area contributed by atoms with E-state index in [-0.39, 0.29) is 5.75 Å². The fourth-order valence-corrected chi connectivity index (χ4v) is 3.33. The van der Waals surface area contributed by atoms with Gasteiger partial charge in [-0.25, -0.2) is 0 Å². The predicted molar refractivity (Wildman–Crippen MR) is 79.0 cm³/mol. The summed E-state index contributed by atoms with van der Waals surface area (Å²) in [4.78, 5) is 5.63. The Morgan fingerprint density at radius 1 is 1.43 bits per heavy atom. The molecule has 3 rings (SSSR count). The van der Waals surface area contributed by atoms with Crippen LogP contribution in [0.5, 0.6) is 5.75 Å². The second-order valence-corrected chi connectivity index (χ2v) is 5.77. The Bertz CT molecular complexity index is 638. The van der Waals surface area contributed by atoms with Crippen LogP contribution in [-0.4, -0.2) is 36.1 Å². The van der Waals surface area contributed by atoms with Gasteiger partial charge in [0.25, 0.3) is 0 Å². The van der Waals surface area contributed by atoms with Gasteiger partial charge in [0.1, 0.15) is 5.75 Å². The van der Waals surface area contributed by atoms with Gasteiger partial charge < -0.3 is 14.6 Å². The quantitative estimate of drug-likeness (QED) is 0.931. The molecule has 114 valence electrons. The first-order valence-corrected chi connectivity index (χ1v) is 7.31. The van der Waals surface area contributed by atoms with Crippen LogP contribution in [0, 0.1) is 6.92 Å². The Morgan fingerprint density at radius 2 is 2.24 bits per heavy atom. The van der Waals surface area contributed by atoms with Crippen molar-refractivity contribution in [1.29, 1.82) is 0 Å². The summed E-state index contributed by atoms with van der Waals surface area (Å²) in [6.07, 6.45) is 3.22. The molecular weight excluding hydrogens is 274 g/mol. The largest absolute Gasteiger partial charge is 0.434 e. The smallest absolute Gasteiger partial charge is 0.387 e. The van der Waals surface area contributed by atoms with Crippen molar-refractivity contribution in [3.63, 3.8) is 0 Å². The molecule has 2 heterocycles. The summed E-state index contributed by atoms with van der Waals surface area (Å²) < 4.78 is 29.9. The monoisotopic (exact) mass is 294 g/mol. The van der Waals surface area contributed by atoms with Crippen molar-refractivity contribution in [2.45, 2.75) is 38.8 Å². The van der Waals surface area contributed by atoms with Gasteiger partial charge >= 0.3 is 6.61 Å². The first kappa shape index (κ1) is 14.3. The highest BCUT2D eigenvalue weighted by molar-refractivity contribution is 5.90. The van der Waals surface area contributed by atoms with Crippen LogP contribution in [-0.2, 0) is 6.42 Å². The van der Waals surface area contributed by atoms with Gasteiger partial charge in [-0.15, -0.1) is 0 Å². The molecule has 1 aromatic heterocycles. The Labute approximate surface area is 122 Å². The van der Waals surface area contributed by atoms with Gasteiger partial charge in [-0.2, -0.15) is 8.78 Å². The molecule has 0 aliphatic carbocycles. The number of hydrogen-bond donors (Lipinski definition) is 1. The van der Waals surface area contributed by atoms with Crippen molar-refractivity contribution in [3.05, 3.63) is 29.5 Å². The van der Waals surface area contributed by atoms with Gasteiger partial charge in [0.2, 0.25) is 0 Å². The Hall–Kier alpha value is -1.62. The molecule has 21 heavy (non-hydrogen) atoms. The summed E-state index contributed by atoms with van der Waals surface area (Å²) in [6, 6.07) is 5.73. The molecule has 0 bridgehead atoms. The molecule has 5 heteroatoms. The summed E-state index contributed by atoms with van der Waals surface area (Å²) in [5.74, 6) is 0.266. The maximum atomic E-state index is 12.6. The fraction of sp³-hybridized carbons (Fsp3) is 0.500. The van der Waals surface area contributed by atoms with E-state index in [1.54, 1.807) is 12.1 Å². The highest BCUT2D eigenvalue weighted by Gasteiger charge is 2.24. The van der Waals surface area contributed by atoms with Gasteiger partial charge in [-0.1, -0.05) is 6.07 Å². The number of alkyl halides is 2. The van der Waals surface area contributed by atoms with Crippen LogP contribution in [0.15, 0.2) is 18.2 Å². The van der Waals surface area contributed by atoms with Crippen LogP contribution in [0.4, 0.5) is 8.78 Å². The lowest BCUT2D eigenvalue weighted by Crippen LogP contribution is -2.27. The topological polar surface area (TPSA) is 28.3 Å². The van der Waals surface area contributed by atoms with Gasteiger partial charge in [0.15, 0.2) is 0 Å². The lowest BCUT2D eigenvalue weighted by atomic mass is 10.0. The van der Waals surface area contributed by atoms with E-state index in [0.29, 0.717) is 6.04 Å². The summed E-state index contributed by atoms with van der Waals surface area (Å²) in [6.45, 7) is 0.302. The highest BCUT2D eigenvalue weighted by atomic mass is 19.3. The number of likely N-dealkylation sites (tertiary alicyclic amines) is 1. The Kier molecular flexibility index (Phi) is 3.85. The van der Waals surface area contributed by atoms with Crippen molar-refractivity contribution in [2.24, 2.45) is 0 Å². The lowest BCUT2D eigenvalue weighted by Gasteiger charge is -2.19. The number of aryl methyl sites for hydroxylation is 1. The van der Waals surface area contributed by atoms with E-state index < -0.39 is 6.61 Å². The third kappa shape index (κ3) is 2.75. The van der Waals surface area contributed by atoms with E-state index in [0.717, 1.165) is 41.5 Å². The Morgan fingerprint density at radius 3 is 2.90 bits per heavy atom. The summed E-state index contributed by atoms with van der Waals surface area (Å²) in [5, 5.41) is 0.801. The molecule has 0 unspecified atom stereocenters. The van der Waals surface area contributed by atoms with E-state index in [9.17, 15) is 8.78 Å². The lowest BCUT2D eigenvalue weighted by molar-refractivity contribution is -0.0488. The molecule has 1 N–H and O–H groups in total. The molecule has 0 radical (unpaired) electrons. The minimum absolute atomic E-state index is 0.266. The minimum Gasteiger partial charge on any atom is -0.434 e. The zero-order valence-electron chi connectivity index (χ0n) is 12.3. The number of rotatable bonds is 4. The molecular formula is C16H20F2N2O. The molecule has 1 fully saturated rings.